The predicted molar refractivity (Wildman–Crippen MR) is 209 cm³/mol. The Balaban J connectivity index is 0. The molecule has 332 valence electrons. The molecule has 0 spiro atoms. The number of carbonyl (C=O) groups is 4. The van der Waals surface area contributed by atoms with E-state index < -0.39 is 35.1 Å². The van der Waals surface area contributed by atoms with Crippen molar-refractivity contribution >= 4 is 23.9 Å². The molecular weight excluding hydrogens is 736 g/mol. The van der Waals surface area contributed by atoms with Gasteiger partial charge in [0.25, 0.3) is 0 Å². The van der Waals surface area contributed by atoms with Crippen LogP contribution >= 0.6 is 0 Å². The summed E-state index contributed by atoms with van der Waals surface area (Å²) in [6, 6.07) is 0. The van der Waals surface area contributed by atoms with Crippen molar-refractivity contribution in [1.29, 1.82) is 0 Å². The second kappa shape index (κ2) is 39.4. The molecular formula is C40H76O16. The number of hydrogen-bond acceptors (Lipinski definition) is 12. The first-order valence-corrected chi connectivity index (χ1v) is 20.6. The van der Waals surface area contributed by atoms with E-state index in [4.69, 9.17) is 49.6 Å². The van der Waals surface area contributed by atoms with E-state index in [1.807, 2.05) is 0 Å². The molecule has 0 saturated carbocycles. The summed E-state index contributed by atoms with van der Waals surface area (Å²) in [7, 11) is 0. The molecule has 0 aromatic carbocycles. The maximum Gasteiger partial charge on any atom is 0.303 e. The Labute approximate surface area is 333 Å². The molecule has 0 atom stereocenters. The van der Waals surface area contributed by atoms with Gasteiger partial charge in [0.05, 0.1) is 77.3 Å². The average molecular weight is 813 g/mol. The zero-order valence-corrected chi connectivity index (χ0v) is 33.9. The molecule has 0 fully saturated rings. The van der Waals surface area contributed by atoms with E-state index in [-0.39, 0.29) is 65.3 Å². The van der Waals surface area contributed by atoms with Gasteiger partial charge in [-0.3, -0.25) is 19.2 Å². The van der Waals surface area contributed by atoms with Gasteiger partial charge in [-0.2, -0.15) is 0 Å². The van der Waals surface area contributed by atoms with Crippen LogP contribution in [0.4, 0.5) is 0 Å². The van der Waals surface area contributed by atoms with Crippen LogP contribution in [0.1, 0.15) is 154 Å². The number of hydrogen-bond donors (Lipinski definition) is 8. The van der Waals surface area contributed by atoms with Crippen molar-refractivity contribution in [2.75, 3.05) is 66.1 Å². The smallest absolute Gasteiger partial charge is 0.303 e. The van der Waals surface area contributed by atoms with Crippen LogP contribution in [0.2, 0.25) is 0 Å². The van der Waals surface area contributed by atoms with E-state index in [0.717, 1.165) is 64.2 Å². The lowest BCUT2D eigenvalue weighted by Crippen LogP contribution is -2.35. The van der Waals surface area contributed by atoms with Crippen molar-refractivity contribution < 1.29 is 79.0 Å². The summed E-state index contributed by atoms with van der Waals surface area (Å²) < 4.78 is 21.4. The number of aliphatic carboxylic acids is 4. The summed E-state index contributed by atoms with van der Waals surface area (Å²) in [4.78, 5) is 42.1. The van der Waals surface area contributed by atoms with Crippen molar-refractivity contribution in [3.63, 3.8) is 0 Å². The third kappa shape index (κ3) is 42.7. The van der Waals surface area contributed by atoms with E-state index in [1.54, 1.807) is 0 Å². The first-order valence-electron chi connectivity index (χ1n) is 20.6. The number of carboxylic acids is 4. The Kier molecular flexibility index (Phi) is 39.1. The topological polar surface area (TPSA) is 267 Å². The molecule has 0 aliphatic heterocycles. The molecule has 56 heavy (non-hydrogen) atoms. The van der Waals surface area contributed by atoms with Crippen LogP contribution in [0, 0.1) is 0 Å². The van der Waals surface area contributed by atoms with Gasteiger partial charge in [-0.1, -0.05) is 77.0 Å². The highest BCUT2D eigenvalue weighted by molar-refractivity contribution is 5.67. The summed E-state index contributed by atoms with van der Waals surface area (Å²) >= 11 is 0. The van der Waals surface area contributed by atoms with Gasteiger partial charge in [-0.05, 0) is 51.4 Å². The molecule has 16 nitrogen and oxygen atoms in total. The highest BCUT2D eigenvalue weighted by Gasteiger charge is 2.27. The third-order valence-electron chi connectivity index (χ3n) is 9.09. The van der Waals surface area contributed by atoms with Crippen LogP contribution < -0.4 is 0 Å². The van der Waals surface area contributed by atoms with E-state index in [0.29, 0.717) is 90.6 Å². The molecule has 0 saturated heterocycles. The minimum absolute atomic E-state index is 0.0249. The molecule has 0 rings (SSSR count). The molecule has 0 aromatic heterocycles. The molecule has 0 radical (unpaired) electrons. The molecule has 8 N–H and O–H groups in total. The molecule has 0 aromatic rings. The first-order chi connectivity index (χ1) is 26.8. The van der Waals surface area contributed by atoms with Gasteiger partial charge < -0.3 is 59.8 Å². The van der Waals surface area contributed by atoms with Crippen molar-refractivity contribution in [1.82, 2.24) is 0 Å². The summed E-state index contributed by atoms with van der Waals surface area (Å²) in [6.45, 7) is 2.27. The molecule has 0 bridgehead atoms. The van der Waals surface area contributed by atoms with Crippen LogP contribution in [0.3, 0.4) is 0 Å². The van der Waals surface area contributed by atoms with Gasteiger partial charge in [-0.25, -0.2) is 0 Å². The van der Waals surface area contributed by atoms with Gasteiger partial charge in [0.15, 0.2) is 0 Å². The summed E-state index contributed by atoms with van der Waals surface area (Å²) in [5.74, 6) is -3.14. The molecule has 0 heterocycles. The molecule has 0 unspecified atom stereocenters. The number of unbranched alkanes of at least 4 members (excludes halogenated alkanes) is 12. The number of ether oxygens (including phenoxy) is 4. The second-order valence-electron chi connectivity index (χ2n) is 14.5. The second-order valence-corrected chi connectivity index (χ2v) is 14.5. The quantitative estimate of drug-likeness (QED) is 0.0369. The maximum atomic E-state index is 11.0. The molecule has 16 heteroatoms. The largest absolute Gasteiger partial charge is 0.481 e. The fourth-order valence-electron chi connectivity index (χ4n) is 5.97. The van der Waals surface area contributed by atoms with Crippen LogP contribution in [0.15, 0.2) is 0 Å². The Morgan fingerprint density at radius 1 is 0.339 bits per heavy atom. The summed E-state index contributed by atoms with van der Waals surface area (Å²) in [6.07, 6.45) is 15.8. The van der Waals surface area contributed by atoms with E-state index in [9.17, 15) is 29.4 Å². The van der Waals surface area contributed by atoms with Gasteiger partial charge in [-0.15, -0.1) is 0 Å². The third-order valence-corrected chi connectivity index (χ3v) is 9.09. The zero-order chi connectivity index (χ0) is 42.2. The number of rotatable bonds is 42. The summed E-state index contributed by atoms with van der Waals surface area (Å²) in [5, 5.41) is 73.7. The SMILES string of the molecule is O=C(O)CCCCCC(O)(CCCCCC(=O)O)COCCOCCO.O=C(O)CCCCCCCC(O)(CCCCCCCC(=O)O)COCCOCCO. The van der Waals surface area contributed by atoms with E-state index in [2.05, 4.69) is 0 Å². The van der Waals surface area contributed by atoms with Gasteiger partial charge in [0, 0.05) is 25.7 Å². The van der Waals surface area contributed by atoms with E-state index in [1.165, 1.54) is 0 Å². The van der Waals surface area contributed by atoms with E-state index >= 15 is 0 Å². The Morgan fingerprint density at radius 3 is 0.839 bits per heavy atom. The minimum Gasteiger partial charge on any atom is -0.481 e. The standard InChI is InChI=1S/C22H42O8.C18H34O8/c23-15-16-29-17-18-30-19-22(28,13-9-5-1-3-7-11-20(24)25)14-10-6-2-4-8-12-21(26)27;19-11-12-25-13-14-26-15-18(24,9-5-1-3-7-16(20)21)10-6-2-4-8-17(22)23/h23,28H,1-19H2,(H,24,25)(H,26,27);19,24H,1-15H2,(H,20,21)(H,22,23). The minimum atomic E-state index is -0.997. The molecule has 0 aliphatic rings. The zero-order valence-electron chi connectivity index (χ0n) is 33.9. The van der Waals surface area contributed by atoms with Crippen molar-refractivity contribution in [3.05, 3.63) is 0 Å². The first kappa shape index (κ1) is 55.7. The summed E-state index contributed by atoms with van der Waals surface area (Å²) in [5.41, 5.74) is -1.89. The fourth-order valence-corrected chi connectivity index (χ4v) is 5.97. The Morgan fingerprint density at radius 2 is 0.571 bits per heavy atom. The van der Waals surface area contributed by atoms with Crippen LogP contribution in [0.25, 0.3) is 0 Å². The lowest BCUT2D eigenvalue weighted by Gasteiger charge is -2.28. The maximum absolute atomic E-state index is 11.0. The number of aliphatic hydroxyl groups excluding tert-OH is 2. The lowest BCUT2D eigenvalue weighted by atomic mass is 9.90. The van der Waals surface area contributed by atoms with Gasteiger partial charge in [0.1, 0.15) is 0 Å². The van der Waals surface area contributed by atoms with Crippen LogP contribution in [-0.2, 0) is 38.1 Å². The lowest BCUT2D eigenvalue weighted by molar-refractivity contribution is -0.138. The van der Waals surface area contributed by atoms with Crippen molar-refractivity contribution in [2.24, 2.45) is 0 Å². The average Bonchev–Trinajstić information content (AvgIpc) is 3.13. The van der Waals surface area contributed by atoms with Crippen LogP contribution in [-0.4, -0.2) is 142 Å². The van der Waals surface area contributed by atoms with Crippen molar-refractivity contribution in [2.45, 2.75) is 165 Å². The Bertz CT molecular complexity index is 895. The monoisotopic (exact) mass is 813 g/mol. The van der Waals surface area contributed by atoms with Crippen LogP contribution in [0.5, 0.6) is 0 Å². The highest BCUT2D eigenvalue weighted by atomic mass is 16.5. The normalized spacial score (nSPS) is 11.6. The molecule has 0 aliphatic carbocycles. The molecule has 0 amide bonds. The fraction of sp³-hybridized carbons (Fsp3) is 0.900. The number of aliphatic hydroxyl groups is 4. The number of carboxylic acid groups (broad SMARTS) is 4. The Hall–Kier alpha value is -2.44. The predicted octanol–water partition coefficient (Wildman–Crippen LogP) is 5.19. The van der Waals surface area contributed by atoms with Gasteiger partial charge in [0.2, 0.25) is 0 Å². The van der Waals surface area contributed by atoms with Gasteiger partial charge >= 0.3 is 23.9 Å². The van der Waals surface area contributed by atoms with Crippen molar-refractivity contribution in [3.8, 4) is 0 Å². The highest BCUT2D eigenvalue weighted by Crippen LogP contribution is 2.25.